The molecule has 0 aliphatic carbocycles. The number of ether oxygens (including phenoxy) is 3. The lowest BCUT2D eigenvalue weighted by atomic mass is 10.2. The zero-order valence-corrected chi connectivity index (χ0v) is 13.6. The van der Waals surface area contributed by atoms with Crippen molar-refractivity contribution < 1.29 is 23.4 Å². The van der Waals surface area contributed by atoms with E-state index in [0.717, 1.165) is 0 Å². The van der Waals surface area contributed by atoms with E-state index in [4.69, 9.17) is 24.2 Å². The van der Waals surface area contributed by atoms with Crippen LogP contribution >= 0.6 is 0 Å². The Morgan fingerprint density at radius 3 is 3.08 bits per heavy atom. The van der Waals surface area contributed by atoms with Crippen molar-refractivity contribution in [2.45, 2.75) is 6.92 Å². The minimum atomic E-state index is -0.541. The summed E-state index contributed by atoms with van der Waals surface area (Å²) < 4.78 is 20.8. The summed E-state index contributed by atoms with van der Waals surface area (Å²) in [4.78, 5) is 22.4. The van der Waals surface area contributed by atoms with Crippen molar-refractivity contribution in [1.29, 1.82) is 0 Å². The molecule has 2 aromatic rings. The summed E-state index contributed by atoms with van der Waals surface area (Å²) in [5, 5.41) is 3.35. The number of hydrogen-bond acceptors (Lipinski definition) is 8. The van der Waals surface area contributed by atoms with E-state index >= 15 is 0 Å². The highest BCUT2D eigenvalue weighted by atomic mass is 16.5. The van der Waals surface area contributed by atoms with Crippen molar-refractivity contribution >= 4 is 5.97 Å². The largest absolute Gasteiger partial charge is 0.475 e. The molecule has 0 fully saturated rings. The predicted octanol–water partition coefficient (Wildman–Crippen LogP) is 2.62. The van der Waals surface area contributed by atoms with Gasteiger partial charge in [-0.1, -0.05) is 5.11 Å². The molecule has 0 aliphatic rings. The third-order valence-corrected chi connectivity index (χ3v) is 2.85. The van der Waals surface area contributed by atoms with Crippen LogP contribution in [0.4, 0.5) is 0 Å². The van der Waals surface area contributed by atoms with Crippen LogP contribution in [0.25, 0.3) is 21.9 Å². The van der Waals surface area contributed by atoms with E-state index in [0.29, 0.717) is 24.7 Å². The fourth-order valence-corrected chi connectivity index (χ4v) is 1.78. The number of rotatable bonds is 10. The maximum atomic E-state index is 11.6. The molecule has 2 rings (SSSR count). The third-order valence-electron chi connectivity index (χ3n) is 2.85. The number of azide groups is 1. The van der Waals surface area contributed by atoms with Gasteiger partial charge < -0.3 is 18.6 Å². The molecule has 2 aromatic heterocycles. The molecule has 10 nitrogen and oxygen atoms in total. The number of nitrogens with zero attached hydrogens (tertiary/aromatic N) is 5. The number of carbonyl (C=O) groups excluding carboxylic acids is 1. The molecule has 0 aromatic carbocycles. The van der Waals surface area contributed by atoms with Crippen molar-refractivity contribution in [3.05, 3.63) is 40.7 Å². The molecule has 25 heavy (non-hydrogen) atoms. The van der Waals surface area contributed by atoms with Gasteiger partial charge in [-0.3, -0.25) is 0 Å². The van der Waals surface area contributed by atoms with E-state index in [1.807, 2.05) is 0 Å². The van der Waals surface area contributed by atoms with Gasteiger partial charge >= 0.3 is 5.97 Å². The zero-order valence-electron chi connectivity index (χ0n) is 13.6. The molecule has 0 radical (unpaired) electrons. The molecule has 0 bridgehead atoms. The number of oxazole rings is 1. The van der Waals surface area contributed by atoms with Crippen molar-refractivity contribution in [3.8, 4) is 17.3 Å². The quantitative estimate of drug-likeness (QED) is 0.212. The maximum Gasteiger partial charge on any atom is 0.360 e. The fraction of sp³-hybridized carbons (Fsp3) is 0.400. The number of pyridine rings is 1. The second-order valence-electron chi connectivity index (χ2n) is 4.56. The van der Waals surface area contributed by atoms with Gasteiger partial charge in [-0.15, -0.1) is 0 Å². The van der Waals surface area contributed by atoms with Crippen LogP contribution in [-0.4, -0.2) is 48.9 Å². The van der Waals surface area contributed by atoms with Gasteiger partial charge in [0.1, 0.15) is 12.9 Å². The van der Waals surface area contributed by atoms with Crippen LogP contribution in [0, 0.1) is 0 Å². The lowest BCUT2D eigenvalue weighted by Crippen LogP contribution is -2.09. The third kappa shape index (κ3) is 5.79. The summed E-state index contributed by atoms with van der Waals surface area (Å²) in [6.07, 6.45) is 2.78. The van der Waals surface area contributed by atoms with Crippen LogP contribution in [0.5, 0.6) is 5.88 Å². The van der Waals surface area contributed by atoms with Crippen molar-refractivity contribution in [1.82, 2.24) is 9.97 Å². The molecule has 132 valence electrons. The second-order valence-corrected chi connectivity index (χ2v) is 4.56. The van der Waals surface area contributed by atoms with Crippen molar-refractivity contribution in [3.63, 3.8) is 0 Å². The Morgan fingerprint density at radius 1 is 1.40 bits per heavy atom. The van der Waals surface area contributed by atoms with Crippen LogP contribution in [0.2, 0.25) is 0 Å². The Kier molecular flexibility index (Phi) is 7.23. The summed E-state index contributed by atoms with van der Waals surface area (Å²) in [7, 11) is 0. The molecular weight excluding hydrogens is 330 g/mol. The van der Waals surface area contributed by atoms with Gasteiger partial charge in [0.05, 0.1) is 19.8 Å². The van der Waals surface area contributed by atoms with Gasteiger partial charge in [0.2, 0.25) is 11.8 Å². The number of aromatic nitrogens is 2. The van der Waals surface area contributed by atoms with Gasteiger partial charge in [0.15, 0.2) is 5.69 Å². The van der Waals surface area contributed by atoms with E-state index in [1.54, 1.807) is 25.3 Å². The fourth-order valence-electron chi connectivity index (χ4n) is 1.78. The first-order valence-corrected chi connectivity index (χ1v) is 7.55. The monoisotopic (exact) mass is 347 g/mol. The topological polar surface area (TPSA) is 132 Å². The molecule has 0 unspecified atom stereocenters. The summed E-state index contributed by atoms with van der Waals surface area (Å²) in [6.45, 7) is 3.20. The Labute approximate surface area is 143 Å². The first-order chi connectivity index (χ1) is 12.2. The molecule has 0 saturated carbocycles. The van der Waals surface area contributed by atoms with E-state index in [-0.39, 0.29) is 31.3 Å². The zero-order chi connectivity index (χ0) is 17.9. The molecule has 0 atom stereocenters. The molecule has 0 N–H and O–H groups in total. The summed E-state index contributed by atoms with van der Waals surface area (Å²) in [6, 6.07) is 3.32. The van der Waals surface area contributed by atoms with Gasteiger partial charge in [-0.25, -0.2) is 14.8 Å². The standard InChI is InChI=1S/C15H17N5O5/c1-2-23-15(21)12-10-25-14(19-12)11-3-4-17-13(9-11)24-8-7-22-6-5-18-20-16/h3-4,9-10H,2,5-8H2,1H3. The first-order valence-electron chi connectivity index (χ1n) is 7.55. The maximum absolute atomic E-state index is 11.6. The SMILES string of the molecule is CCOC(=O)c1coc(-c2ccnc(OCCOCCN=[N+]=[N-])c2)n1. The van der Waals surface area contributed by atoms with Gasteiger partial charge in [-0.2, -0.15) is 0 Å². The van der Waals surface area contributed by atoms with Crippen molar-refractivity contribution in [2.24, 2.45) is 5.11 Å². The van der Waals surface area contributed by atoms with Crippen LogP contribution in [-0.2, 0) is 9.47 Å². The lowest BCUT2D eigenvalue weighted by Gasteiger charge is -2.06. The minimum Gasteiger partial charge on any atom is -0.475 e. The van der Waals surface area contributed by atoms with E-state index in [9.17, 15) is 4.79 Å². The Bertz CT molecular complexity index is 741. The average Bonchev–Trinajstić information content (AvgIpc) is 3.12. The van der Waals surface area contributed by atoms with E-state index in [1.165, 1.54) is 6.26 Å². The highest BCUT2D eigenvalue weighted by Gasteiger charge is 2.14. The highest BCUT2D eigenvalue weighted by molar-refractivity contribution is 5.87. The summed E-state index contributed by atoms with van der Waals surface area (Å²) >= 11 is 0. The minimum absolute atomic E-state index is 0.101. The molecule has 10 heteroatoms. The molecule has 0 aliphatic heterocycles. The second kappa shape index (κ2) is 9.91. The Balaban J connectivity index is 1.88. The summed E-state index contributed by atoms with van der Waals surface area (Å²) in [5.74, 6) is 0.0915. The molecular formula is C15H17N5O5. The normalized spacial score (nSPS) is 10.1. The molecule has 0 saturated heterocycles. The Morgan fingerprint density at radius 2 is 2.28 bits per heavy atom. The molecule has 0 amide bonds. The van der Waals surface area contributed by atoms with Crippen LogP contribution in [0.3, 0.4) is 0 Å². The smallest absolute Gasteiger partial charge is 0.360 e. The Hall–Kier alpha value is -3.10. The highest BCUT2D eigenvalue weighted by Crippen LogP contribution is 2.21. The van der Waals surface area contributed by atoms with Gasteiger partial charge in [0.25, 0.3) is 0 Å². The van der Waals surface area contributed by atoms with Crippen molar-refractivity contribution in [2.75, 3.05) is 33.0 Å². The average molecular weight is 347 g/mol. The predicted molar refractivity (Wildman–Crippen MR) is 86.0 cm³/mol. The summed E-state index contributed by atoms with van der Waals surface area (Å²) in [5.41, 5.74) is 8.84. The lowest BCUT2D eigenvalue weighted by molar-refractivity contribution is 0.0519. The van der Waals surface area contributed by atoms with E-state index < -0.39 is 5.97 Å². The molecule has 2 heterocycles. The molecule has 0 spiro atoms. The van der Waals surface area contributed by atoms with Gasteiger partial charge in [0, 0.05) is 29.3 Å². The number of esters is 1. The van der Waals surface area contributed by atoms with Crippen LogP contribution < -0.4 is 4.74 Å². The van der Waals surface area contributed by atoms with Crippen LogP contribution in [0.15, 0.2) is 34.1 Å². The van der Waals surface area contributed by atoms with Gasteiger partial charge in [-0.05, 0) is 18.5 Å². The number of carbonyl (C=O) groups is 1. The first kappa shape index (κ1) is 18.2. The number of hydrogen-bond donors (Lipinski definition) is 0. The van der Waals surface area contributed by atoms with E-state index in [2.05, 4.69) is 20.0 Å². The van der Waals surface area contributed by atoms with Crippen LogP contribution in [0.1, 0.15) is 17.4 Å².